The Balaban J connectivity index is 2.42. The van der Waals surface area contributed by atoms with Crippen LogP contribution in [0, 0.1) is 0 Å². The molecule has 0 heterocycles. The SMILES string of the molecule is COCCN(C1CC1)S(=O)(=O)c1c(Br)cc(N)cc1Br. The normalized spacial score (nSPS) is 15.8. The molecular formula is C12H16Br2N2O3S. The minimum atomic E-state index is -3.58. The number of hydrogen-bond acceptors (Lipinski definition) is 4. The summed E-state index contributed by atoms with van der Waals surface area (Å²) >= 11 is 6.59. The highest BCUT2D eigenvalue weighted by atomic mass is 79.9. The summed E-state index contributed by atoms with van der Waals surface area (Å²) in [5, 5.41) is 0. The number of halogens is 2. The van der Waals surface area contributed by atoms with Crippen LogP contribution >= 0.6 is 31.9 Å². The lowest BCUT2D eigenvalue weighted by molar-refractivity contribution is 0.177. The summed E-state index contributed by atoms with van der Waals surface area (Å²) in [6.45, 7) is 0.729. The van der Waals surface area contributed by atoms with Crippen LogP contribution in [0.1, 0.15) is 12.8 Å². The Morgan fingerprint density at radius 1 is 1.35 bits per heavy atom. The van der Waals surface area contributed by atoms with Gasteiger partial charge in [-0.25, -0.2) is 8.42 Å². The molecule has 20 heavy (non-hydrogen) atoms. The highest BCUT2D eigenvalue weighted by Gasteiger charge is 2.39. The lowest BCUT2D eigenvalue weighted by atomic mass is 10.3. The average Bonchev–Trinajstić information content (AvgIpc) is 3.11. The van der Waals surface area contributed by atoms with Crippen LogP contribution in [0.15, 0.2) is 26.0 Å². The molecule has 2 rings (SSSR count). The zero-order valence-corrected chi connectivity index (χ0v) is 15.0. The van der Waals surface area contributed by atoms with Crippen LogP contribution in [-0.4, -0.2) is 39.0 Å². The van der Waals surface area contributed by atoms with Crippen molar-refractivity contribution in [1.29, 1.82) is 0 Å². The van der Waals surface area contributed by atoms with Crippen molar-refractivity contribution in [1.82, 2.24) is 4.31 Å². The van der Waals surface area contributed by atoms with Crippen LogP contribution in [0.3, 0.4) is 0 Å². The summed E-state index contributed by atoms with van der Waals surface area (Å²) in [7, 11) is -2.02. The molecule has 0 aliphatic heterocycles. The van der Waals surface area contributed by atoms with Gasteiger partial charge in [0.25, 0.3) is 0 Å². The third-order valence-corrected chi connectivity index (χ3v) is 6.89. The van der Waals surface area contributed by atoms with Gasteiger partial charge in [0.1, 0.15) is 4.90 Å². The molecule has 5 nitrogen and oxygen atoms in total. The highest BCUT2D eigenvalue weighted by Crippen LogP contribution is 2.38. The van der Waals surface area contributed by atoms with Gasteiger partial charge >= 0.3 is 0 Å². The first-order chi connectivity index (χ1) is 9.37. The van der Waals surface area contributed by atoms with Gasteiger partial charge in [0, 0.05) is 34.3 Å². The van der Waals surface area contributed by atoms with Crippen molar-refractivity contribution in [3.05, 3.63) is 21.1 Å². The number of benzene rings is 1. The number of ether oxygens (including phenoxy) is 1. The molecule has 0 aromatic heterocycles. The summed E-state index contributed by atoms with van der Waals surface area (Å²) in [4.78, 5) is 0.217. The molecule has 1 fully saturated rings. The second-order valence-corrected chi connectivity index (χ2v) is 8.19. The van der Waals surface area contributed by atoms with Gasteiger partial charge in [0.05, 0.1) is 6.61 Å². The monoisotopic (exact) mass is 426 g/mol. The fourth-order valence-corrected chi connectivity index (χ4v) is 6.20. The van der Waals surface area contributed by atoms with Gasteiger partial charge in [-0.3, -0.25) is 0 Å². The van der Waals surface area contributed by atoms with Crippen molar-refractivity contribution in [2.24, 2.45) is 0 Å². The third kappa shape index (κ3) is 3.36. The van der Waals surface area contributed by atoms with Crippen molar-refractivity contribution < 1.29 is 13.2 Å². The summed E-state index contributed by atoms with van der Waals surface area (Å²) in [5.74, 6) is 0. The maximum absolute atomic E-state index is 12.8. The fourth-order valence-electron chi connectivity index (χ4n) is 1.99. The Labute approximate surface area is 135 Å². The molecule has 1 saturated carbocycles. The van der Waals surface area contributed by atoms with E-state index in [1.807, 2.05) is 0 Å². The van der Waals surface area contributed by atoms with Crippen LogP contribution < -0.4 is 5.73 Å². The first-order valence-corrected chi connectivity index (χ1v) is 9.16. The summed E-state index contributed by atoms with van der Waals surface area (Å²) in [5.41, 5.74) is 6.21. The Bertz CT molecular complexity index is 580. The zero-order chi connectivity index (χ0) is 14.9. The maximum Gasteiger partial charge on any atom is 0.245 e. The lowest BCUT2D eigenvalue weighted by Crippen LogP contribution is -2.36. The van der Waals surface area contributed by atoms with Gasteiger partial charge in [-0.15, -0.1) is 0 Å². The molecule has 0 atom stereocenters. The van der Waals surface area contributed by atoms with E-state index >= 15 is 0 Å². The second-order valence-electron chi connectivity index (χ2n) is 4.65. The van der Waals surface area contributed by atoms with Gasteiger partial charge in [0.2, 0.25) is 10.0 Å². The average molecular weight is 428 g/mol. The van der Waals surface area contributed by atoms with Crippen molar-refractivity contribution in [2.75, 3.05) is 26.0 Å². The summed E-state index contributed by atoms with van der Waals surface area (Å²) < 4.78 is 33.1. The molecule has 112 valence electrons. The summed E-state index contributed by atoms with van der Waals surface area (Å²) in [6.07, 6.45) is 1.79. The highest BCUT2D eigenvalue weighted by molar-refractivity contribution is 9.11. The van der Waals surface area contributed by atoms with E-state index in [1.54, 1.807) is 19.2 Å². The van der Waals surface area contributed by atoms with E-state index in [4.69, 9.17) is 10.5 Å². The number of sulfonamides is 1. The van der Waals surface area contributed by atoms with Crippen LogP contribution in [0.2, 0.25) is 0 Å². The van der Waals surface area contributed by atoms with Crippen LogP contribution in [0.4, 0.5) is 5.69 Å². The molecule has 1 aromatic carbocycles. The lowest BCUT2D eigenvalue weighted by Gasteiger charge is -2.23. The Kier molecular flexibility index (Phi) is 5.12. The van der Waals surface area contributed by atoms with E-state index in [1.165, 1.54) is 4.31 Å². The van der Waals surface area contributed by atoms with Crippen LogP contribution in [-0.2, 0) is 14.8 Å². The fraction of sp³-hybridized carbons (Fsp3) is 0.500. The third-order valence-electron chi connectivity index (χ3n) is 3.06. The first kappa shape index (κ1) is 16.2. The van der Waals surface area contributed by atoms with Gasteiger partial charge in [-0.1, -0.05) is 0 Å². The first-order valence-electron chi connectivity index (χ1n) is 6.13. The second kappa shape index (κ2) is 6.31. The predicted octanol–water partition coefficient (Wildman–Crippen LogP) is 2.59. The van der Waals surface area contributed by atoms with Crippen molar-refractivity contribution in [2.45, 2.75) is 23.8 Å². The molecule has 0 unspecified atom stereocenters. The molecule has 2 N–H and O–H groups in total. The van der Waals surface area contributed by atoms with Gasteiger partial charge in [0.15, 0.2) is 0 Å². The maximum atomic E-state index is 12.8. The molecule has 0 spiro atoms. The minimum Gasteiger partial charge on any atom is -0.399 e. The number of rotatable bonds is 6. The van der Waals surface area contributed by atoms with E-state index in [2.05, 4.69) is 31.9 Å². The van der Waals surface area contributed by atoms with E-state index in [9.17, 15) is 8.42 Å². The van der Waals surface area contributed by atoms with E-state index < -0.39 is 10.0 Å². The van der Waals surface area contributed by atoms with Crippen LogP contribution in [0.5, 0.6) is 0 Å². The standard InChI is InChI=1S/C12H16Br2N2O3S/c1-19-5-4-16(9-2-3-9)20(17,18)12-10(13)6-8(15)7-11(12)14/h6-7,9H,2-5,15H2,1H3. The number of anilines is 1. The number of hydrogen-bond donors (Lipinski definition) is 1. The van der Waals surface area contributed by atoms with Crippen molar-refractivity contribution in [3.8, 4) is 0 Å². The molecule has 0 saturated heterocycles. The predicted molar refractivity (Wildman–Crippen MR) is 85.0 cm³/mol. The minimum absolute atomic E-state index is 0.0755. The quantitative estimate of drug-likeness (QED) is 0.708. The zero-order valence-electron chi connectivity index (χ0n) is 11.0. The molecule has 0 radical (unpaired) electrons. The van der Waals surface area contributed by atoms with E-state index in [-0.39, 0.29) is 10.9 Å². The summed E-state index contributed by atoms with van der Waals surface area (Å²) in [6, 6.07) is 3.27. The van der Waals surface area contributed by atoms with E-state index in [0.29, 0.717) is 27.8 Å². The molecule has 1 aliphatic carbocycles. The molecule has 0 bridgehead atoms. The molecule has 8 heteroatoms. The topological polar surface area (TPSA) is 72.6 Å². The van der Waals surface area contributed by atoms with Gasteiger partial charge < -0.3 is 10.5 Å². The Morgan fingerprint density at radius 2 is 1.90 bits per heavy atom. The van der Waals surface area contributed by atoms with Crippen LogP contribution in [0.25, 0.3) is 0 Å². The number of nitrogens with two attached hydrogens (primary N) is 1. The van der Waals surface area contributed by atoms with Gasteiger partial charge in [-0.2, -0.15) is 4.31 Å². The van der Waals surface area contributed by atoms with Crippen molar-refractivity contribution >= 4 is 47.6 Å². The number of nitrogens with zero attached hydrogens (tertiary/aromatic N) is 1. The molecule has 0 amide bonds. The largest absolute Gasteiger partial charge is 0.399 e. The Morgan fingerprint density at radius 3 is 2.35 bits per heavy atom. The molecular weight excluding hydrogens is 412 g/mol. The van der Waals surface area contributed by atoms with Gasteiger partial charge in [-0.05, 0) is 56.8 Å². The molecule has 1 aromatic rings. The smallest absolute Gasteiger partial charge is 0.245 e. The van der Waals surface area contributed by atoms with E-state index in [0.717, 1.165) is 12.8 Å². The molecule has 1 aliphatic rings. The number of methoxy groups -OCH3 is 1. The van der Waals surface area contributed by atoms with Crippen molar-refractivity contribution in [3.63, 3.8) is 0 Å². The Hall–Kier alpha value is -0.150. The number of nitrogen functional groups attached to an aromatic ring is 1.